The van der Waals surface area contributed by atoms with Gasteiger partial charge in [-0.15, -0.1) is 0 Å². The number of carboxylic acid groups (broad SMARTS) is 1. The molecule has 0 aliphatic rings. The summed E-state index contributed by atoms with van der Waals surface area (Å²) in [4.78, 5) is 35.2. The Kier molecular flexibility index (Phi) is 7.67. The maximum Gasteiger partial charge on any atom is 0.326 e. The zero-order valence-corrected chi connectivity index (χ0v) is 14.5. The summed E-state index contributed by atoms with van der Waals surface area (Å²) in [5, 5.41) is 14.4. The van der Waals surface area contributed by atoms with E-state index < -0.39 is 17.9 Å². The van der Waals surface area contributed by atoms with Crippen LogP contribution in [0.2, 0.25) is 5.02 Å². The maximum absolute atomic E-state index is 12.3. The lowest BCUT2D eigenvalue weighted by atomic mass is 10.1. The van der Waals surface area contributed by atoms with E-state index in [1.165, 1.54) is 19.2 Å². The molecule has 2 amide bonds. The van der Waals surface area contributed by atoms with E-state index in [0.717, 1.165) is 0 Å². The monoisotopic (exact) mass is 356 g/mol. The number of halogens is 1. The van der Waals surface area contributed by atoms with Gasteiger partial charge in [-0.3, -0.25) is 9.59 Å². The summed E-state index contributed by atoms with van der Waals surface area (Å²) in [6, 6.07) is 3.35. The number of methoxy groups -OCH3 is 1. The number of anilines is 1. The van der Waals surface area contributed by atoms with Crippen LogP contribution in [0.25, 0.3) is 0 Å². The van der Waals surface area contributed by atoms with Crippen molar-refractivity contribution in [2.45, 2.75) is 26.3 Å². The maximum atomic E-state index is 12.3. The molecule has 0 saturated heterocycles. The van der Waals surface area contributed by atoms with Gasteiger partial charge >= 0.3 is 5.97 Å². The average Bonchev–Trinajstić information content (AvgIpc) is 2.52. The van der Waals surface area contributed by atoms with Crippen molar-refractivity contribution in [2.75, 3.05) is 19.0 Å². The van der Waals surface area contributed by atoms with Gasteiger partial charge in [0, 0.05) is 31.7 Å². The first-order valence-electron chi connectivity index (χ1n) is 7.39. The molecule has 24 heavy (non-hydrogen) atoms. The largest absolute Gasteiger partial charge is 0.480 e. The second-order valence-electron chi connectivity index (χ2n) is 5.48. The average molecular weight is 357 g/mol. The summed E-state index contributed by atoms with van der Waals surface area (Å²) in [5.74, 6) is -2.22. The smallest absolute Gasteiger partial charge is 0.326 e. The van der Waals surface area contributed by atoms with Gasteiger partial charge in [0.25, 0.3) is 5.91 Å². The highest BCUT2D eigenvalue weighted by Gasteiger charge is 2.22. The van der Waals surface area contributed by atoms with E-state index in [9.17, 15) is 14.4 Å². The highest BCUT2D eigenvalue weighted by Crippen LogP contribution is 2.21. The molecule has 7 nitrogen and oxygen atoms in total. The van der Waals surface area contributed by atoms with Crippen molar-refractivity contribution in [3.63, 3.8) is 0 Å². The summed E-state index contributed by atoms with van der Waals surface area (Å²) in [5.41, 5.74) is 0.494. The van der Waals surface area contributed by atoms with Crippen molar-refractivity contribution in [3.8, 4) is 0 Å². The second-order valence-corrected chi connectivity index (χ2v) is 5.89. The first kappa shape index (κ1) is 19.9. The summed E-state index contributed by atoms with van der Waals surface area (Å²) in [7, 11) is 1.44. The molecule has 1 aromatic rings. The van der Waals surface area contributed by atoms with E-state index in [1.807, 2.05) is 0 Å². The van der Waals surface area contributed by atoms with Crippen molar-refractivity contribution in [2.24, 2.45) is 5.92 Å². The van der Waals surface area contributed by atoms with Gasteiger partial charge in [-0.25, -0.2) is 4.79 Å². The number of amides is 2. The SMILES string of the molecule is COCCC(NC(=O)c1cc(NC(=O)C(C)C)ccc1Cl)C(=O)O. The molecule has 8 heteroatoms. The Morgan fingerprint density at radius 1 is 1.29 bits per heavy atom. The normalized spacial score (nSPS) is 11.9. The Hall–Kier alpha value is -2.12. The number of rotatable bonds is 8. The van der Waals surface area contributed by atoms with Crippen molar-refractivity contribution >= 4 is 35.1 Å². The third-order valence-corrected chi connectivity index (χ3v) is 3.55. The number of hydrogen-bond donors (Lipinski definition) is 3. The quantitative estimate of drug-likeness (QED) is 0.662. The molecule has 0 aromatic heterocycles. The molecule has 132 valence electrons. The molecule has 0 saturated carbocycles. The fraction of sp³-hybridized carbons (Fsp3) is 0.438. The van der Waals surface area contributed by atoms with Gasteiger partial charge in [-0.05, 0) is 18.2 Å². The predicted molar refractivity (Wildman–Crippen MR) is 90.3 cm³/mol. The molecule has 3 N–H and O–H groups in total. The van der Waals surface area contributed by atoms with Crippen LogP contribution >= 0.6 is 11.6 Å². The highest BCUT2D eigenvalue weighted by molar-refractivity contribution is 6.34. The number of hydrogen-bond acceptors (Lipinski definition) is 4. The minimum absolute atomic E-state index is 0.0851. The van der Waals surface area contributed by atoms with Crippen molar-refractivity contribution < 1.29 is 24.2 Å². The Morgan fingerprint density at radius 2 is 1.96 bits per heavy atom. The minimum atomic E-state index is -1.17. The number of carbonyl (C=O) groups is 3. The first-order chi connectivity index (χ1) is 11.3. The molecule has 1 aromatic carbocycles. The predicted octanol–water partition coefficient (Wildman–Crippen LogP) is 2.15. The van der Waals surface area contributed by atoms with Crippen LogP contribution < -0.4 is 10.6 Å². The summed E-state index contributed by atoms with van der Waals surface area (Å²) in [6.45, 7) is 3.67. The van der Waals surface area contributed by atoms with Crippen molar-refractivity contribution in [3.05, 3.63) is 28.8 Å². The second kappa shape index (κ2) is 9.24. The molecular weight excluding hydrogens is 336 g/mol. The lowest BCUT2D eigenvalue weighted by Crippen LogP contribution is -2.41. The molecule has 1 atom stereocenters. The molecule has 1 unspecified atom stereocenters. The Bertz CT molecular complexity index is 618. The number of benzene rings is 1. The molecular formula is C16H21ClN2O5. The third-order valence-electron chi connectivity index (χ3n) is 3.22. The van der Waals surface area contributed by atoms with Crippen LogP contribution in [0.5, 0.6) is 0 Å². The zero-order valence-electron chi connectivity index (χ0n) is 13.8. The van der Waals surface area contributed by atoms with E-state index in [2.05, 4.69) is 10.6 Å². The van der Waals surface area contributed by atoms with Crippen LogP contribution in [-0.2, 0) is 14.3 Å². The zero-order chi connectivity index (χ0) is 18.3. The molecule has 0 bridgehead atoms. The Labute approximate surface area is 145 Å². The van der Waals surface area contributed by atoms with Gasteiger partial charge in [-0.1, -0.05) is 25.4 Å². The van der Waals surface area contributed by atoms with Gasteiger partial charge in [0.15, 0.2) is 0 Å². The van der Waals surface area contributed by atoms with Crippen molar-refractivity contribution in [1.29, 1.82) is 0 Å². The topological polar surface area (TPSA) is 105 Å². The minimum Gasteiger partial charge on any atom is -0.480 e. The number of carboxylic acids is 1. The van der Waals surface area contributed by atoms with E-state index in [4.69, 9.17) is 21.4 Å². The van der Waals surface area contributed by atoms with Crippen LogP contribution in [-0.4, -0.2) is 42.6 Å². The van der Waals surface area contributed by atoms with Crippen LogP contribution in [0, 0.1) is 5.92 Å². The van der Waals surface area contributed by atoms with Crippen LogP contribution in [0.1, 0.15) is 30.6 Å². The molecule has 0 aliphatic heterocycles. The van der Waals surface area contributed by atoms with Gasteiger partial charge in [0.1, 0.15) is 6.04 Å². The van der Waals surface area contributed by atoms with E-state index in [0.29, 0.717) is 5.69 Å². The standard InChI is InChI=1S/C16H21ClN2O5/c1-9(2)14(20)18-10-4-5-12(17)11(8-10)15(21)19-13(16(22)23)6-7-24-3/h4-5,8-9,13H,6-7H2,1-3H3,(H,18,20)(H,19,21)(H,22,23). The van der Waals surface area contributed by atoms with Gasteiger partial charge in [0.2, 0.25) is 5.91 Å². The molecule has 0 heterocycles. The fourth-order valence-corrected chi connectivity index (χ4v) is 2.00. The number of aliphatic carboxylic acids is 1. The fourth-order valence-electron chi connectivity index (χ4n) is 1.79. The summed E-state index contributed by atoms with van der Waals surface area (Å²) < 4.78 is 4.83. The lowest BCUT2D eigenvalue weighted by molar-refractivity contribution is -0.139. The first-order valence-corrected chi connectivity index (χ1v) is 7.77. The third kappa shape index (κ3) is 5.82. The highest BCUT2D eigenvalue weighted by atomic mass is 35.5. The molecule has 0 spiro atoms. The lowest BCUT2D eigenvalue weighted by Gasteiger charge is -2.15. The number of carbonyl (C=O) groups excluding carboxylic acids is 2. The van der Waals surface area contributed by atoms with Crippen molar-refractivity contribution in [1.82, 2.24) is 5.32 Å². The van der Waals surface area contributed by atoms with Crippen LogP contribution in [0.4, 0.5) is 5.69 Å². The van der Waals surface area contributed by atoms with Crippen LogP contribution in [0.3, 0.4) is 0 Å². The molecule has 0 fully saturated rings. The van der Waals surface area contributed by atoms with Gasteiger partial charge in [-0.2, -0.15) is 0 Å². The Morgan fingerprint density at radius 3 is 2.50 bits per heavy atom. The van der Waals surface area contributed by atoms with E-state index >= 15 is 0 Å². The van der Waals surface area contributed by atoms with E-state index in [1.54, 1.807) is 19.9 Å². The molecule has 1 rings (SSSR count). The number of nitrogens with one attached hydrogen (secondary N) is 2. The molecule has 0 radical (unpaired) electrons. The van der Waals surface area contributed by atoms with Gasteiger partial charge < -0.3 is 20.5 Å². The van der Waals surface area contributed by atoms with Crippen LogP contribution in [0.15, 0.2) is 18.2 Å². The number of ether oxygens (including phenoxy) is 1. The van der Waals surface area contributed by atoms with E-state index in [-0.39, 0.29) is 35.4 Å². The Balaban J connectivity index is 2.92. The van der Waals surface area contributed by atoms with Gasteiger partial charge in [0.05, 0.1) is 10.6 Å². The summed E-state index contributed by atoms with van der Waals surface area (Å²) in [6.07, 6.45) is 0.124. The summed E-state index contributed by atoms with van der Waals surface area (Å²) >= 11 is 6.01. The molecule has 0 aliphatic carbocycles.